The fraction of sp³-hybridized carbons (Fsp3) is 0.471. The maximum absolute atomic E-state index is 12.2. The first-order chi connectivity index (χ1) is 12.1. The fourth-order valence-corrected chi connectivity index (χ4v) is 3.88. The third-order valence-corrected chi connectivity index (χ3v) is 5.63. The predicted octanol–water partition coefficient (Wildman–Crippen LogP) is 1.13. The number of methoxy groups -OCH3 is 1. The van der Waals surface area contributed by atoms with E-state index in [0.717, 1.165) is 29.0 Å². The summed E-state index contributed by atoms with van der Waals surface area (Å²) in [7, 11) is -1.71. The van der Waals surface area contributed by atoms with Crippen LogP contribution in [-0.4, -0.2) is 44.2 Å². The minimum atomic E-state index is -3.32. The number of fused-ring (bicyclic) bond motifs is 1. The van der Waals surface area contributed by atoms with Gasteiger partial charge in [-0.2, -0.15) is 5.10 Å². The summed E-state index contributed by atoms with van der Waals surface area (Å²) < 4.78 is 39.3. The maximum atomic E-state index is 12.2. The number of ether oxygens (including phenoxy) is 2. The molecule has 0 aliphatic carbocycles. The topological polar surface area (TPSA) is 82.5 Å². The van der Waals surface area contributed by atoms with Crippen molar-refractivity contribution < 1.29 is 17.9 Å². The molecule has 7 nitrogen and oxygen atoms in total. The van der Waals surface area contributed by atoms with E-state index in [4.69, 9.17) is 9.47 Å². The minimum absolute atomic E-state index is 0.0599. The van der Waals surface area contributed by atoms with E-state index < -0.39 is 10.0 Å². The Labute approximate surface area is 148 Å². The molecule has 0 spiro atoms. The van der Waals surface area contributed by atoms with Crippen molar-refractivity contribution in [3.63, 3.8) is 0 Å². The molecule has 2 heterocycles. The van der Waals surface area contributed by atoms with Crippen LogP contribution in [0.25, 0.3) is 0 Å². The molecule has 0 atom stereocenters. The third-order valence-electron chi connectivity index (χ3n) is 4.24. The number of aromatic nitrogens is 2. The van der Waals surface area contributed by atoms with E-state index in [9.17, 15) is 8.42 Å². The van der Waals surface area contributed by atoms with E-state index in [0.29, 0.717) is 32.7 Å². The molecule has 0 bridgehead atoms. The SMILES string of the molecule is COc1ccc(CCS(=O)(=O)NCCn2ncc3c2CCOC3)cc1. The van der Waals surface area contributed by atoms with Gasteiger partial charge in [0, 0.05) is 24.2 Å². The van der Waals surface area contributed by atoms with Crippen LogP contribution in [0, 0.1) is 0 Å². The van der Waals surface area contributed by atoms with Gasteiger partial charge in [-0.25, -0.2) is 13.1 Å². The first-order valence-corrected chi connectivity index (χ1v) is 9.94. The highest BCUT2D eigenvalue weighted by atomic mass is 32.2. The first-order valence-electron chi connectivity index (χ1n) is 8.29. The molecule has 1 aliphatic heterocycles. The molecule has 0 radical (unpaired) electrons. The Morgan fingerprint density at radius 3 is 2.88 bits per heavy atom. The van der Waals surface area contributed by atoms with Gasteiger partial charge < -0.3 is 9.47 Å². The van der Waals surface area contributed by atoms with Crippen LogP contribution in [0.4, 0.5) is 0 Å². The normalized spacial score (nSPS) is 14.3. The molecule has 1 N–H and O–H groups in total. The molecule has 0 saturated heterocycles. The van der Waals surface area contributed by atoms with Gasteiger partial charge in [0.05, 0.1) is 38.8 Å². The van der Waals surface area contributed by atoms with Crippen molar-refractivity contribution in [2.24, 2.45) is 0 Å². The highest BCUT2D eigenvalue weighted by molar-refractivity contribution is 7.89. The quantitative estimate of drug-likeness (QED) is 0.758. The smallest absolute Gasteiger partial charge is 0.211 e. The van der Waals surface area contributed by atoms with E-state index in [1.807, 2.05) is 28.9 Å². The second-order valence-corrected chi connectivity index (χ2v) is 7.88. The van der Waals surface area contributed by atoms with Crippen molar-refractivity contribution in [3.8, 4) is 5.75 Å². The van der Waals surface area contributed by atoms with Crippen molar-refractivity contribution in [2.75, 3.05) is 26.0 Å². The van der Waals surface area contributed by atoms with Gasteiger partial charge in [-0.05, 0) is 24.1 Å². The zero-order chi connectivity index (χ0) is 17.7. The van der Waals surface area contributed by atoms with Crippen molar-refractivity contribution in [3.05, 3.63) is 47.3 Å². The summed E-state index contributed by atoms with van der Waals surface area (Å²) in [6.07, 6.45) is 3.08. The molecule has 136 valence electrons. The van der Waals surface area contributed by atoms with Crippen molar-refractivity contribution in [2.45, 2.75) is 26.0 Å². The Balaban J connectivity index is 1.47. The molecule has 0 unspecified atom stereocenters. The summed E-state index contributed by atoms with van der Waals surface area (Å²) in [5, 5.41) is 4.32. The fourth-order valence-electron chi connectivity index (χ4n) is 2.83. The lowest BCUT2D eigenvalue weighted by Crippen LogP contribution is -2.31. The second kappa shape index (κ2) is 7.99. The van der Waals surface area contributed by atoms with Crippen LogP contribution in [0.2, 0.25) is 0 Å². The molecule has 0 fully saturated rings. The van der Waals surface area contributed by atoms with Crippen LogP contribution >= 0.6 is 0 Å². The lowest BCUT2D eigenvalue weighted by molar-refractivity contribution is 0.109. The lowest BCUT2D eigenvalue weighted by Gasteiger charge is -2.15. The van der Waals surface area contributed by atoms with E-state index in [1.54, 1.807) is 13.3 Å². The second-order valence-electron chi connectivity index (χ2n) is 5.95. The number of nitrogens with zero attached hydrogens (tertiary/aromatic N) is 2. The van der Waals surface area contributed by atoms with Gasteiger partial charge >= 0.3 is 0 Å². The van der Waals surface area contributed by atoms with E-state index in [1.165, 1.54) is 0 Å². The van der Waals surface area contributed by atoms with Gasteiger partial charge in [-0.1, -0.05) is 12.1 Å². The Kier molecular flexibility index (Phi) is 5.72. The highest BCUT2D eigenvalue weighted by Gasteiger charge is 2.16. The largest absolute Gasteiger partial charge is 0.497 e. The first kappa shape index (κ1) is 17.9. The number of rotatable bonds is 8. The number of benzene rings is 1. The summed E-state index contributed by atoms with van der Waals surface area (Å²) in [5.41, 5.74) is 3.20. The van der Waals surface area contributed by atoms with Crippen LogP contribution in [0.15, 0.2) is 30.5 Å². The maximum Gasteiger partial charge on any atom is 0.211 e. The number of hydrogen-bond acceptors (Lipinski definition) is 5. The molecule has 3 rings (SSSR count). The Morgan fingerprint density at radius 2 is 2.12 bits per heavy atom. The zero-order valence-corrected chi connectivity index (χ0v) is 15.1. The van der Waals surface area contributed by atoms with Crippen LogP contribution in [-0.2, 0) is 40.8 Å². The molecule has 8 heteroatoms. The molecule has 25 heavy (non-hydrogen) atoms. The number of aryl methyl sites for hydroxylation is 1. The van der Waals surface area contributed by atoms with Gasteiger partial charge in [0.1, 0.15) is 5.75 Å². The van der Waals surface area contributed by atoms with Gasteiger partial charge in [-0.15, -0.1) is 0 Å². The molecule has 0 saturated carbocycles. The van der Waals surface area contributed by atoms with Crippen LogP contribution < -0.4 is 9.46 Å². The van der Waals surface area contributed by atoms with Gasteiger partial charge in [0.15, 0.2) is 0 Å². The van der Waals surface area contributed by atoms with Gasteiger partial charge in [0.25, 0.3) is 0 Å². The summed E-state index contributed by atoms with van der Waals surface area (Å²) in [5.74, 6) is 0.822. The summed E-state index contributed by atoms with van der Waals surface area (Å²) >= 11 is 0. The number of hydrogen-bond donors (Lipinski definition) is 1. The zero-order valence-electron chi connectivity index (χ0n) is 14.3. The predicted molar refractivity (Wildman–Crippen MR) is 94.1 cm³/mol. The van der Waals surface area contributed by atoms with E-state index in [2.05, 4.69) is 9.82 Å². The summed E-state index contributed by atoms with van der Waals surface area (Å²) in [6.45, 7) is 2.13. The number of sulfonamides is 1. The van der Waals surface area contributed by atoms with E-state index in [-0.39, 0.29) is 5.75 Å². The average Bonchev–Trinajstić information content (AvgIpc) is 3.04. The Hall–Kier alpha value is -1.90. The van der Waals surface area contributed by atoms with Crippen molar-refractivity contribution >= 4 is 10.0 Å². The molecule has 1 aliphatic rings. The molecular formula is C17H23N3O4S. The standard InChI is InChI=1S/C17H23N3O4S/c1-23-16-4-2-14(3-5-16)7-11-25(21,22)19-8-9-20-17-6-10-24-13-15(17)12-18-20/h2-5,12,19H,6-11,13H2,1H3. The molecule has 0 amide bonds. The molecule has 2 aromatic rings. The highest BCUT2D eigenvalue weighted by Crippen LogP contribution is 2.15. The van der Waals surface area contributed by atoms with Crippen molar-refractivity contribution in [1.82, 2.24) is 14.5 Å². The van der Waals surface area contributed by atoms with Crippen LogP contribution in [0.5, 0.6) is 5.75 Å². The van der Waals surface area contributed by atoms with E-state index >= 15 is 0 Å². The Bertz CT molecular complexity index is 800. The molecular weight excluding hydrogens is 342 g/mol. The average molecular weight is 365 g/mol. The number of nitrogens with one attached hydrogen (secondary N) is 1. The summed E-state index contributed by atoms with van der Waals surface area (Å²) in [4.78, 5) is 0. The van der Waals surface area contributed by atoms with Gasteiger partial charge in [-0.3, -0.25) is 4.68 Å². The lowest BCUT2D eigenvalue weighted by atomic mass is 10.2. The molecule has 1 aromatic heterocycles. The van der Waals surface area contributed by atoms with Crippen molar-refractivity contribution in [1.29, 1.82) is 0 Å². The molecule has 1 aromatic carbocycles. The minimum Gasteiger partial charge on any atom is -0.497 e. The third kappa shape index (κ3) is 4.81. The van der Waals surface area contributed by atoms with Crippen LogP contribution in [0.1, 0.15) is 16.8 Å². The monoisotopic (exact) mass is 365 g/mol. The van der Waals surface area contributed by atoms with Crippen LogP contribution in [0.3, 0.4) is 0 Å². The summed E-state index contributed by atoms with van der Waals surface area (Å²) in [6, 6.07) is 7.43. The van der Waals surface area contributed by atoms with Gasteiger partial charge in [0.2, 0.25) is 10.0 Å². The Morgan fingerprint density at radius 1 is 1.32 bits per heavy atom.